The van der Waals surface area contributed by atoms with E-state index in [2.05, 4.69) is 11.8 Å². The van der Waals surface area contributed by atoms with E-state index in [-0.39, 0.29) is 12.1 Å². The summed E-state index contributed by atoms with van der Waals surface area (Å²) < 4.78 is 62.4. The van der Waals surface area contributed by atoms with Crippen LogP contribution in [0, 0.1) is 17.7 Å². The maximum atomic E-state index is 13.7. The lowest BCUT2D eigenvalue weighted by molar-refractivity contribution is 0.126. The molecule has 0 bridgehead atoms. The summed E-state index contributed by atoms with van der Waals surface area (Å²) in [5.41, 5.74) is 5.13. The molecule has 0 fully saturated rings. The Morgan fingerprint density at radius 3 is 2.55 bits per heavy atom. The van der Waals surface area contributed by atoms with Crippen molar-refractivity contribution in [2.24, 2.45) is 5.73 Å². The van der Waals surface area contributed by atoms with Crippen LogP contribution in [0.15, 0.2) is 23.1 Å². The Morgan fingerprint density at radius 2 is 2.05 bits per heavy atom. The van der Waals surface area contributed by atoms with E-state index in [4.69, 9.17) is 5.73 Å². The normalized spacial score (nSPS) is 11.6. The standard InChI is InChI=1S/C12H13F3N2O2S/c1-17(8-12(14)15)20(18,19)10-5-4-9(3-2-6-16)11(13)7-10/h4-5,7,12H,6,8,16H2,1H3. The van der Waals surface area contributed by atoms with Crippen molar-refractivity contribution in [3.05, 3.63) is 29.6 Å². The fourth-order valence-corrected chi connectivity index (χ4v) is 2.54. The largest absolute Gasteiger partial charge is 0.320 e. The first-order chi connectivity index (χ1) is 9.28. The van der Waals surface area contributed by atoms with Crippen LogP contribution in [0.4, 0.5) is 13.2 Å². The Morgan fingerprint density at radius 1 is 1.40 bits per heavy atom. The number of benzene rings is 1. The van der Waals surface area contributed by atoms with Gasteiger partial charge in [0.15, 0.2) is 0 Å². The molecule has 0 amide bonds. The van der Waals surface area contributed by atoms with Crippen LogP contribution >= 0.6 is 0 Å². The van der Waals surface area contributed by atoms with Crippen LogP contribution in [0.1, 0.15) is 5.56 Å². The van der Waals surface area contributed by atoms with Gasteiger partial charge in [-0.15, -0.1) is 0 Å². The number of sulfonamides is 1. The van der Waals surface area contributed by atoms with Gasteiger partial charge in [0.05, 0.1) is 23.5 Å². The first kappa shape index (κ1) is 16.5. The molecule has 0 aliphatic carbocycles. The monoisotopic (exact) mass is 306 g/mol. The highest BCUT2D eigenvalue weighted by atomic mass is 32.2. The van der Waals surface area contributed by atoms with Crippen LogP contribution < -0.4 is 5.73 Å². The molecular weight excluding hydrogens is 293 g/mol. The van der Waals surface area contributed by atoms with Gasteiger partial charge in [0.1, 0.15) is 5.82 Å². The van der Waals surface area contributed by atoms with Crippen LogP contribution in [-0.4, -0.2) is 39.3 Å². The molecule has 1 aromatic rings. The lowest BCUT2D eigenvalue weighted by atomic mass is 10.2. The highest BCUT2D eigenvalue weighted by Gasteiger charge is 2.24. The highest BCUT2D eigenvalue weighted by molar-refractivity contribution is 7.89. The van der Waals surface area contributed by atoms with E-state index >= 15 is 0 Å². The summed E-state index contributed by atoms with van der Waals surface area (Å²) in [6.07, 6.45) is -2.81. The number of hydrogen-bond acceptors (Lipinski definition) is 3. The van der Waals surface area contributed by atoms with Gasteiger partial charge in [-0.05, 0) is 18.2 Å². The third-order valence-corrected chi connectivity index (χ3v) is 4.19. The number of nitrogens with zero attached hydrogens (tertiary/aromatic N) is 1. The minimum atomic E-state index is -4.15. The predicted octanol–water partition coefficient (Wildman–Crippen LogP) is 1.02. The van der Waals surface area contributed by atoms with Crippen LogP contribution in [-0.2, 0) is 10.0 Å². The van der Waals surface area contributed by atoms with E-state index < -0.39 is 33.7 Å². The fraction of sp³-hybridized carbons (Fsp3) is 0.333. The molecular formula is C12H13F3N2O2S. The van der Waals surface area contributed by atoms with E-state index in [0.717, 1.165) is 19.2 Å². The second-order valence-electron chi connectivity index (χ2n) is 3.82. The van der Waals surface area contributed by atoms with E-state index in [0.29, 0.717) is 4.31 Å². The van der Waals surface area contributed by atoms with Crippen molar-refractivity contribution in [3.8, 4) is 11.8 Å². The zero-order valence-electron chi connectivity index (χ0n) is 10.6. The Labute approximate surface area is 115 Å². The minimum absolute atomic E-state index is 0.00841. The Hall–Kier alpha value is -1.56. The number of halogens is 3. The molecule has 0 atom stereocenters. The first-order valence-electron chi connectivity index (χ1n) is 5.52. The molecule has 0 aliphatic heterocycles. The van der Waals surface area contributed by atoms with E-state index in [1.54, 1.807) is 0 Å². The molecule has 0 unspecified atom stereocenters. The van der Waals surface area contributed by atoms with Gasteiger partial charge in [0.2, 0.25) is 10.0 Å². The van der Waals surface area contributed by atoms with Gasteiger partial charge < -0.3 is 5.73 Å². The summed E-state index contributed by atoms with van der Waals surface area (Å²) in [4.78, 5) is -0.406. The molecule has 0 saturated carbocycles. The summed E-state index contributed by atoms with van der Waals surface area (Å²) in [6, 6.07) is 3.03. The van der Waals surface area contributed by atoms with Gasteiger partial charge in [-0.2, -0.15) is 4.31 Å². The molecule has 1 rings (SSSR count). The average Bonchev–Trinajstić information content (AvgIpc) is 2.36. The maximum absolute atomic E-state index is 13.7. The van der Waals surface area contributed by atoms with Gasteiger partial charge in [-0.25, -0.2) is 21.6 Å². The number of hydrogen-bond donors (Lipinski definition) is 1. The molecule has 0 saturated heterocycles. The second kappa shape index (κ2) is 6.74. The van der Waals surface area contributed by atoms with Crippen molar-refractivity contribution in [1.29, 1.82) is 0 Å². The molecule has 4 nitrogen and oxygen atoms in total. The van der Waals surface area contributed by atoms with Crippen molar-refractivity contribution in [2.75, 3.05) is 20.1 Å². The maximum Gasteiger partial charge on any atom is 0.252 e. The fourth-order valence-electron chi connectivity index (χ4n) is 1.38. The van der Waals surface area contributed by atoms with Crippen LogP contribution in [0.25, 0.3) is 0 Å². The van der Waals surface area contributed by atoms with Crippen molar-refractivity contribution < 1.29 is 21.6 Å². The summed E-state index contributed by atoms with van der Waals surface area (Å²) in [7, 11) is -3.15. The Kier molecular flexibility index (Phi) is 5.56. The number of alkyl halides is 2. The Bertz CT molecular complexity index is 636. The Balaban J connectivity index is 3.12. The molecule has 110 valence electrons. The van der Waals surface area contributed by atoms with Gasteiger partial charge in [-0.1, -0.05) is 11.8 Å². The van der Waals surface area contributed by atoms with Crippen molar-refractivity contribution in [1.82, 2.24) is 4.31 Å². The average molecular weight is 306 g/mol. The van der Waals surface area contributed by atoms with Crippen LogP contribution in [0.5, 0.6) is 0 Å². The molecule has 0 aliphatic rings. The molecule has 0 heterocycles. The van der Waals surface area contributed by atoms with Gasteiger partial charge in [-0.3, -0.25) is 0 Å². The molecule has 0 aromatic heterocycles. The number of nitrogens with two attached hydrogens (primary N) is 1. The molecule has 2 N–H and O–H groups in total. The summed E-state index contributed by atoms with van der Waals surface area (Å²) in [5.74, 6) is 4.02. The van der Waals surface area contributed by atoms with E-state index in [9.17, 15) is 21.6 Å². The zero-order chi connectivity index (χ0) is 15.3. The zero-order valence-corrected chi connectivity index (χ0v) is 11.4. The highest BCUT2D eigenvalue weighted by Crippen LogP contribution is 2.18. The van der Waals surface area contributed by atoms with Crippen LogP contribution in [0.2, 0.25) is 0 Å². The predicted molar refractivity (Wildman–Crippen MR) is 68.2 cm³/mol. The first-order valence-corrected chi connectivity index (χ1v) is 6.96. The molecule has 8 heteroatoms. The van der Waals surface area contributed by atoms with Crippen molar-refractivity contribution in [3.63, 3.8) is 0 Å². The van der Waals surface area contributed by atoms with E-state index in [1.165, 1.54) is 6.07 Å². The van der Waals surface area contributed by atoms with Crippen molar-refractivity contribution >= 4 is 10.0 Å². The lowest BCUT2D eigenvalue weighted by Gasteiger charge is -2.16. The molecule has 20 heavy (non-hydrogen) atoms. The quantitative estimate of drug-likeness (QED) is 0.845. The molecule has 0 spiro atoms. The molecule has 0 radical (unpaired) electrons. The van der Waals surface area contributed by atoms with Gasteiger partial charge in [0.25, 0.3) is 6.43 Å². The lowest BCUT2D eigenvalue weighted by Crippen LogP contribution is -2.31. The van der Waals surface area contributed by atoms with Crippen molar-refractivity contribution in [2.45, 2.75) is 11.3 Å². The minimum Gasteiger partial charge on any atom is -0.320 e. The van der Waals surface area contributed by atoms with E-state index in [1.807, 2.05) is 0 Å². The summed E-state index contributed by atoms with van der Waals surface area (Å²) in [5, 5.41) is 0. The molecule has 1 aromatic carbocycles. The summed E-state index contributed by atoms with van der Waals surface area (Å²) in [6.45, 7) is -0.921. The summed E-state index contributed by atoms with van der Waals surface area (Å²) >= 11 is 0. The third-order valence-electron chi connectivity index (χ3n) is 2.37. The van der Waals surface area contributed by atoms with Crippen LogP contribution in [0.3, 0.4) is 0 Å². The SMILES string of the molecule is CN(CC(F)F)S(=O)(=O)c1ccc(C#CCN)c(F)c1. The second-order valence-corrected chi connectivity index (χ2v) is 5.87. The smallest absolute Gasteiger partial charge is 0.252 e. The van der Waals surface area contributed by atoms with Gasteiger partial charge in [0, 0.05) is 7.05 Å². The topological polar surface area (TPSA) is 63.4 Å². The van der Waals surface area contributed by atoms with Gasteiger partial charge >= 0.3 is 0 Å². The third kappa shape index (κ3) is 3.96. The number of rotatable bonds is 4.